The van der Waals surface area contributed by atoms with Crippen molar-refractivity contribution in [3.8, 4) is 33.8 Å². The number of benzene rings is 1. The molecule has 5 heteroatoms. The molecular weight excluding hydrogens is 338 g/mol. The molecule has 132 valence electrons. The second-order valence-corrected chi connectivity index (χ2v) is 5.97. The van der Waals surface area contributed by atoms with Gasteiger partial charge in [-0.05, 0) is 48.0 Å². The van der Waals surface area contributed by atoms with Crippen molar-refractivity contribution in [3.05, 3.63) is 95.8 Å². The van der Waals surface area contributed by atoms with Gasteiger partial charge in [0.15, 0.2) is 0 Å². The Bertz CT molecular complexity index is 1140. The first-order valence-electron chi connectivity index (χ1n) is 8.49. The van der Waals surface area contributed by atoms with Crippen LogP contribution < -0.4 is 10.3 Å². The maximum Gasteiger partial charge on any atom is 0.255 e. The third-order valence-electron chi connectivity index (χ3n) is 4.29. The highest BCUT2D eigenvalue weighted by molar-refractivity contribution is 5.77. The van der Waals surface area contributed by atoms with Crippen LogP contribution in [-0.4, -0.2) is 21.6 Å². The van der Waals surface area contributed by atoms with E-state index in [1.54, 1.807) is 42.5 Å². The molecule has 5 nitrogen and oxygen atoms in total. The zero-order valence-corrected chi connectivity index (χ0v) is 14.7. The van der Waals surface area contributed by atoms with Crippen LogP contribution in [0.2, 0.25) is 0 Å². The average Bonchev–Trinajstić information content (AvgIpc) is 2.74. The van der Waals surface area contributed by atoms with Crippen LogP contribution in [0.4, 0.5) is 0 Å². The van der Waals surface area contributed by atoms with Gasteiger partial charge >= 0.3 is 0 Å². The van der Waals surface area contributed by atoms with Crippen LogP contribution in [0.3, 0.4) is 0 Å². The third-order valence-corrected chi connectivity index (χ3v) is 4.29. The van der Waals surface area contributed by atoms with E-state index in [-0.39, 0.29) is 5.56 Å². The fourth-order valence-electron chi connectivity index (χ4n) is 3.00. The summed E-state index contributed by atoms with van der Waals surface area (Å²) in [4.78, 5) is 21.0. The highest BCUT2D eigenvalue weighted by atomic mass is 16.5. The van der Waals surface area contributed by atoms with Gasteiger partial charge in [0.25, 0.3) is 5.56 Å². The lowest BCUT2D eigenvalue weighted by molar-refractivity contribution is 0.416. The third kappa shape index (κ3) is 3.35. The predicted octanol–water partition coefficient (Wildman–Crippen LogP) is 3.97. The van der Waals surface area contributed by atoms with Crippen molar-refractivity contribution < 1.29 is 4.74 Å². The number of methoxy groups -OCH3 is 1. The van der Waals surface area contributed by atoms with Crippen LogP contribution >= 0.6 is 0 Å². The molecule has 0 radical (unpaired) electrons. The number of nitrogens with zero attached hydrogens (tertiary/aromatic N) is 3. The summed E-state index contributed by atoms with van der Waals surface area (Å²) in [5, 5.41) is 0. The second kappa shape index (κ2) is 7.25. The van der Waals surface area contributed by atoms with Gasteiger partial charge in [0.1, 0.15) is 5.75 Å². The van der Waals surface area contributed by atoms with Crippen molar-refractivity contribution in [2.24, 2.45) is 0 Å². The molecule has 4 aromatic rings. The smallest absolute Gasteiger partial charge is 0.255 e. The molecule has 0 amide bonds. The van der Waals surface area contributed by atoms with Gasteiger partial charge in [0.05, 0.1) is 12.8 Å². The zero-order chi connectivity index (χ0) is 18.6. The molecule has 27 heavy (non-hydrogen) atoms. The SMILES string of the molecule is COc1ccncc1-c1cc(-c2ccccn2)cc(-n2ccccc2=O)c1. The Morgan fingerprint density at radius 2 is 1.78 bits per heavy atom. The summed E-state index contributed by atoms with van der Waals surface area (Å²) >= 11 is 0. The Morgan fingerprint density at radius 1 is 0.926 bits per heavy atom. The number of ether oxygens (including phenoxy) is 1. The van der Waals surface area contributed by atoms with Crippen molar-refractivity contribution in [3.63, 3.8) is 0 Å². The summed E-state index contributed by atoms with van der Waals surface area (Å²) in [6.07, 6.45) is 6.95. The largest absolute Gasteiger partial charge is 0.496 e. The molecule has 4 rings (SSSR count). The molecular formula is C22H17N3O2. The Balaban J connectivity index is 1.98. The number of rotatable bonds is 4. The molecule has 0 unspecified atom stereocenters. The lowest BCUT2D eigenvalue weighted by atomic mass is 10.0. The molecule has 0 N–H and O–H groups in total. The van der Waals surface area contributed by atoms with Gasteiger partial charge in [-0.2, -0.15) is 0 Å². The van der Waals surface area contributed by atoms with Crippen LogP contribution in [0.25, 0.3) is 28.1 Å². The summed E-state index contributed by atoms with van der Waals surface area (Å²) < 4.78 is 7.10. The number of hydrogen-bond donors (Lipinski definition) is 0. The second-order valence-electron chi connectivity index (χ2n) is 5.97. The van der Waals surface area contributed by atoms with E-state index in [0.717, 1.165) is 33.8 Å². The Hall–Kier alpha value is -3.73. The van der Waals surface area contributed by atoms with E-state index in [9.17, 15) is 4.79 Å². The molecule has 3 aromatic heterocycles. The summed E-state index contributed by atoms with van der Waals surface area (Å²) in [5.41, 5.74) is 4.14. The molecule has 0 aliphatic heterocycles. The minimum absolute atomic E-state index is 0.0974. The van der Waals surface area contributed by atoms with Gasteiger partial charge in [-0.25, -0.2) is 0 Å². The molecule has 0 fully saturated rings. The maximum absolute atomic E-state index is 12.3. The van der Waals surface area contributed by atoms with Crippen molar-refractivity contribution >= 4 is 0 Å². The molecule has 1 aromatic carbocycles. The van der Waals surface area contributed by atoms with E-state index in [1.807, 2.05) is 48.5 Å². The van der Waals surface area contributed by atoms with Crippen LogP contribution in [-0.2, 0) is 0 Å². The highest BCUT2D eigenvalue weighted by Crippen LogP contribution is 2.33. The first-order chi connectivity index (χ1) is 13.3. The molecule has 3 heterocycles. The van der Waals surface area contributed by atoms with E-state index in [0.29, 0.717) is 0 Å². The summed E-state index contributed by atoms with van der Waals surface area (Å²) in [7, 11) is 1.63. The van der Waals surface area contributed by atoms with Crippen LogP contribution in [0.15, 0.2) is 90.2 Å². The van der Waals surface area contributed by atoms with E-state index in [1.165, 1.54) is 6.07 Å². The molecule has 0 spiro atoms. The number of aromatic nitrogens is 3. The predicted molar refractivity (Wildman–Crippen MR) is 105 cm³/mol. The summed E-state index contributed by atoms with van der Waals surface area (Å²) in [6, 6.07) is 18.6. The highest BCUT2D eigenvalue weighted by Gasteiger charge is 2.11. The standard InChI is InChI=1S/C22H17N3O2/c1-27-21-8-10-23-15-19(21)16-12-17(20-6-2-4-9-24-20)14-18(13-16)25-11-5-3-7-22(25)26/h2-15H,1H3. The Morgan fingerprint density at radius 3 is 2.56 bits per heavy atom. The lowest BCUT2D eigenvalue weighted by Gasteiger charge is -2.13. The topological polar surface area (TPSA) is 57.0 Å². The van der Waals surface area contributed by atoms with Crippen molar-refractivity contribution in [1.82, 2.24) is 14.5 Å². The van der Waals surface area contributed by atoms with E-state index >= 15 is 0 Å². The van der Waals surface area contributed by atoms with Gasteiger partial charge in [0.2, 0.25) is 0 Å². The lowest BCUT2D eigenvalue weighted by Crippen LogP contribution is -2.15. The van der Waals surface area contributed by atoms with Crippen LogP contribution in [0, 0.1) is 0 Å². The molecule has 0 saturated heterocycles. The minimum Gasteiger partial charge on any atom is -0.496 e. The molecule has 0 aliphatic rings. The maximum atomic E-state index is 12.3. The minimum atomic E-state index is -0.0974. The molecule has 0 atom stereocenters. The Labute approximate surface area is 156 Å². The summed E-state index contributed by atoms with van der Waals surface area (Å²) in [5.74, 6) is 0.717. The van der Waals surface area contributed by atoms with Gasteiger partial charge in [0, 0.05) is 47.7 Å². The van der Waals surface area contributed by atoms with E-state index < -0.39 is 0 Å². The van der Waals surface area contributed by atoms with Gasteiger partial charge in [-0.1, -0.05) is 12.1 Å². The van der Waals surface area contributed by atoms with Crippen LogP contribution in [0.5, 0.6) is 5.75 Å². The number of hydrogen-bond acceptors (Lipinski definition) is 4. The summed E-state index contributed by atoms with van der Waals surface area (Å²) in [6.45, 7) is 0. The molecule has 0 aliphatic carbocycles. The van der Waals surface area contributed by atoms with Crippen molar-refractivity contribution in [2.75, 3.05) is 7.11 Å². The Kier molecular flexibility index (Phi) is 4.49. The van der Waals surface area contributed by atoms with E-state index in [2.05, 4.69) is 9.97 Å². The first kappa shape index (κ1) is 16.7. The molecule has 0 saturated carbocycles. The zero-order valence-electron chi connectivity index (χ0n) is 14.7. The van der Waals surface area contributed by atoms with Gasteiger partial charge < -0.3 is 4.74 Å². The monoisotopic (exact) mass is 355 g/mol. The quantitative estimate of drug-likeness (QED) is 0.556. The number of pyridine rings is 3. The average molecular weight is 355 g/mol. The van der Waals surface area contributed by atoms with Crippen molar-refractivity contribution in [2.45, 2.75) is 0 Å². The fourth-order valence-corrected chi connectivity index (χ4v) is 3.00. The van der Waals surface area contributed by atoms with Gasteiger partial charge in [-0.3, -0.25) is 19.3 Å². The first-order valence-corrected chi connectivity index (χ1v) is 8.49. The van der Waals surface area contributed by atoms with Gasteiger partial charge in [-0.15, -0.1) is 0 Å². The van der Waals surface area contributed by atoms with Crippen molar-refractivity contribution in [1.29, 1.82) is 0 Å². The fraction of sp³-hybridized carbons (Fsp3) is 0.0455. The molecule has 0 bridgehead atoms. The normalized spacial score (nSPS) is 10.6. The van der Waals surface area contributed by atoms with Crippen LogP contribution in [0.1, 0.15) is 0 Å². The van der Waals surface area contributed by atoms with E-state index in [4.69, 9.17) is 4.74 Å².